The molecule has 0 atom stereocenters. The molecular weight excluding hydrogens is 679 g/mol. The summed E-state index contributed by atoms with van der Waals surface area (Å²) in [6.07, 6.45) is 14.2. The fourth-order valence-corrected chi connectivity index (χ4v) is 9.94. The Morgan fingerprint density at radius 2 is 0.556 bits per heavy atom. The third-order valence-electron chi connectivity index (χ3n) is 7.60. The summed E-state index contributed by atoms with van der Waals surface area (Å²) in [5, 5.41) is 0. The second-order valence-electron chi connectivity index (χ2n) is 14.4. The first-order valence-electron chi connectivity index (χ1n) is 18.1. The number of hydrogen-bond acceptors (Lipinski definition) is 8. The van der Waals surface area contributed by atoms with Gasteiger partial charge in [0.2, 0.25) is 0 Å². The second kappa shape index (κ2) is 26.7. The maximum absolute atomic E-state index is 13.0. The average Bonchev–Trinajstić information content (AvgIpc) is 2.91. The van der Waals surface area contributed by atoms with E-state index in [2.05, 4.69) is 55.4 Å². The van der Waals surface area contributed by atoms with Gasteiger partial charge < -0.3 is 0 Å². The van der Waals surface area contributed by atoms with Crippen molar-refractivity contribution in [2.45, 2.75) is 184 Å². The van der Waals surface area contributed by atoms with Crippen LogP contribution in [-0.2, 0) is 31.5 Å². The van der Waals surface area contributed by atoms with Crippen LogP contribution in [0.5, 0.6) is 0 Å². The van der Waals surface area contributed by atoms with E-state index in [0.717, 1.165) is 77.0 Å². The Kier molecular flexibility index (Phi) is 25.9. The molecule has 0 spiro atoms. The van der Waals surface area contributed by atoms with Crippen LogP contribution in [0.2, 0.25) is 0 Å². The topological polar surface area (TPSA) is 105 Å². The van der Waals surface area contributed by atoms with Crippen molar-refractivity contribution in [3.05, 3.63) is 0 Å². The zero-order valence-corrected chi connectivity index (χ0v) is 33.1. The maximum atomic E-state index is 13.0. The molecule has 0 bridgehead atoms. The Bertz CT molecular complexity index is 675. The van der Waals surface area contributed by atoms with Gasteiger partial charge in [-0.25, -0.2) is 0 Å². The van der Waals surface area contributed by atoms with E-state index in [1.54, 1.807) is 0 Å². The summed E-state index contributed by atoms with van der Waals surface area (Å²) >= 11 is -5.78. The first-order valence-corrected chi connectivity index (χ1v) is 22.8. The molecule has 264 valence electrons. The van der Waals surface area contributed by atoms with E-state index < -0.39 is 43.9 Å². The third-order valence-corrected chi connectivity index (χ3v) is 13.1. The van der Waals surface area contributed by atoms with Gasteiger partial charge in [-0.05, 0) is 0 Å². The van der Waals surface area contributed by atoms with Crippen LogP contribution >= 0.6 is 0 Å². The zero-order valence-electron chi connectivity index (χ0n) is 30.2. The first kappa shape index (κ1) is 43.7. The molecule has 8 nitrogen and oxygen atoms in total. The fourth-order valence-electron chi connectivity index (χ4n) is 4.88. The minimum atomic E-state index is -5.78. The van der Waals surface area contributed by atoms with Gasteiger partial charge in [-0.15, -0.1) is 0 Å². The Labute approximate surface area is 281 Å². The summed E-state index contributed by atoms with van der Waals surface area (Å²) in [4.78, 5) is 52.2. The van der Waals surface area contributed by atoms with Crippen molar-refractivity contribution >= 4 is 43.9 Å². The van der Waals surface area contributed by atoms with Crippen LogP contribution in [0.4, 0.5) is 0 Å². The Hall–Kier alpha value is -1.32. The summed E-state index contributed by atoms with van der Waals surface area (Å²) in [7, 11) is 0. The van der Waals surface area contributed by atoms with Crippen LogP contribution in [0.15, 0.2) is 0 Å². The molecule has 0 heterocycles. The molecule has 0 aliphatic heterocycles. The number of carbonyl (C=O) groups is 4. The van der Waals surface area contributed by atoms with Crippen molar-refractivity contribution in [1.29, 1.82) is 0 Å². The van der Waals surface area contributed by atoms with Crippen molar-refractivity contribution in [3.8, 4) is 0 Å². The van der Waals surface area contributed by atoms with Gasteiger partial charge in [0.25, 0.3) is 0 Å². The zero-order chi connectivity index (χ0) is 34.1. The molecular formula is C36H68O8Sn. The molecule has 0 aliphatic carbocycles. The Morgan fingerprint density at radius 1 is 0.356 bits per heavy atom. The van der Waals surface area contributed by atoms with E-state index in [-0.39, 0.29) is 25.7 Å². The van der Waals surface area contributed by atoms with Crippen LogP contribution in [0.25, 0.3) is 0 Å². The second-order valence-corrected chi connectivity index (χ2v) is 19.6. The van der Waals surface area contributed by atoms with E-state index >= 15 is 0 Å². The van der Waals surface area contributed by atoms with Crippen LogP contribution in [-0.4, -0.2) is 43.9 Å². The number of unbranched alkanes of at least 4 members (excludes halogenated alkanes) is 8. The standard InChI is InChI=1S/4C9H18O2.Sn/c4*1-8(2)6-4-3-5-7-9(10)11;/h4*8H,3-7H2,1-2H3,(H,10,11);/q;;;;+4/p-4. The number of hydrogen-bond donors (Lipinski definition) is 0. The van der Waals surface area contributed by atoms with E-state index in [0.29, 0.717) is 49.4 Å². The summed E-state index contributed by atoms with van der Waals surface area (Å²) in [6, 6.07) is 0. The summed E-state index contributed by atoms with van der Waals surface area (Å²) < 4.78 is 22.8. The van der Waals surface area contributed by atoms with E-state index in [1.807, 2.05) is 0 Å². The van der Waals surface area contributed by atoms with E-state index in [4.69, 9.17) is 12.3 Å². The van der Waals surface area contributed by atoms with Crippen LogP contribution in [0.1, 0.15) is 184 Å². The molecule has 0 saturated carbocycles. The molecule has 0 saturated heterocycles. The summed E-state index contributed by atoms with van der Waals surface area (Å²) in [6.45, 7) is 17.3. The van der Waals surface area contributed by atoms with Crippen molar-refractivity contribution in [2.24, 2.45) is 23.7 Å². The van der Waals surface area contributed by atoms with Gasteiger partial charge >= 0.3 is 283 Å². The SMILES string of the molecule is CC(C)CCCCCC(=O)[O][Sn]([O]C(=O)CCCCCC(C)C)([O]C(=O)CCCCCC(C)C)[O]C(=O)CCCCCC(C)C. The minimum absolute atomic E-state index is 0.0724. The third kappa shape index (κ3) is 27.5. The Morgan fingerprint density at radius 3 is 0.733 bits per heavy atom. The van der Waals surface area contributed by atoms with Gasteiger partial charge in [-0.3, -0.25) is 0 Å². The molecule has 0 amide bonds. The molecule has 0 aromatic rings. The van der Waals surface area contributed by atoms with Crippen molar-refractivity contribution in [3.63, 3.8) is 0 Å². The molecule has 0 unspecified atom stereocenters. The number of carbonyl (C=O) groups excluding carboxylic acids is 4. The van der Waals surface area contributed by atoms with Gasteiger partial charge in [-0.1, -0.05) is 0 Å². The molecule has 0 rings (SSSR count). The van der Waals surface area contributed by atoms with Crippen LogP contribution in [0.3, 0.4) is 0 Å². The van der Waals surface area contributed by atoms with Gasteiger partial charge in [0.15, 0.2) is 0 Å². The first-order chi connectivity index (χ1) is 21.2. The molecule has 0 N–H and O–H groups in total. The van der Waals surface area contributed by atoms with Crippen LogP contribution in [0, 0.1) is 23.7 Å². The van der Waals surface area contributed by atoms with Crippen LogP contribution < -0.4 is 0 Å². The van der Waals surface area contributed by atoms with E-state index in [9.17, 15) is 19.2 Å². The fraction of sp³-hybridized carbons (Fsp3) is 0.889. The monoisotopic (exact) mass is 748 g/mol. The normalized spacial score (nSPS) is 11.8. The van der Waals surface area contributed by atoms with Gasteiger partial charge in [0.1, 0.15) is 0 Å². The predicted molar refractivity (Wildman–Crippen MR) is 182 cm³/mol. The molecule has 9 heteroatoms. The molecule has 0 aromatic heterocycles. The van der Waals surface area contributed by atoms with Gasteiger partial charge in [0, 0.05) is 0 Å². The molecule has 45 heavy (non-hydrogen) atoms. The van der Waals surface area contributed by atoms with Crippen molar-refractivity contribution in [1.82, 2.24) is 0 Å². The average molecular weight is 748 g/mol. The molecule has 0 aromatic carbocycles. The van der Waals surface area contributed by atoms with Crippen molar-refractivity contribution in [2.75, 3.05) is 0 Å². The Balaban J connectivity index is 5.67. The summed E-state index contributed by atoms with van der Waals surface area (Å²) in [5.41, 5.74) is 0. The molecule has 0 aliphatic rings. The van der Waals surface area contributed by atoms with E-state index in [1.165, 1.54) is 0 Å². The molecule has 0 radical (unpaired) electrons. The summed E-state index contributed by atoms with van der Waals surface area (Å²) in [5.74, 6) is -0.297. The predicted octanol–water partition coefficient (Wildman–Crippen LogP) is 10.0. The number of rotatable bonds is 28. The van der Waals surface area contributed by atoms with Gasteiger partial charge in [-0.2, -0.15) is 0 Å². The molecule has 0 fully saturated rings. The van der Waals surface area contributed by atoms with Crippen molar-refractivity contribution < 1.29 is 31.5 Å². The quantitative estimate of drug-likeness (QED) is 0.0576. The van der Waals surface area contributed by atoms with Gasteiger partial charge in [0.05, 0.1) is 0 Å².